The molecule has 0 bridgehead atoms. The van der Waals surface area contributed by atoms with Crippen molar-refractivity contribution < 1.29 is 4.74 Å². The van der Waals surface area contributed by atoms with E-state index in [0.717, 1.165) is 35.5 Å². The van der Waals surface area contributed by atoms with Crippen molar-refractivity contribution in [3.05, 3.63) is 42.7 Å². The van der Waals surface area contributed by atoms with E-state index in [9.17, 15) is 0 Å². The maximum Gasteiger partial charge on any atom is 0.156 e. The molecule has 1 fully saturated rings. The lowest BCUT2D eigenvalue weighted by Gasteiger charge is -2.36. The molecule has 0 saturated carbocycles. The molecule has 2 atom stereocenters. The highest BCUT2D eigenvalue weighted by Gasteiger charge is 2.22. The minimum Gasteiger partial charge on any atom is -0.372 e. The van der Waals surface area contributed by atoms with Gasteiger partial charge in [-0.1, -0.05) is 12.1 Å². The number of hydrogen-bond donors (Lipinski definition) is 1. The predicted octanol–water partition coefficient (Wildman–Crippen LogP) is 3.24. The Morgan fingerprint density at radius 3 is 2.57 bits per heavy atom. The monoisotopic (exact) mass is 308 g/mol. The van der Waals surface area contributed by atoms with E-state index in [1.165, 1.54) is 5.69 Å². The number of H-pyrrole nitrogens is 1. The fraction of sp³-hybridized carbons (Fsp3) is 0.333. The zero-order chi connectivity index (χ0) is 15.8. The molecule has 1 aromatic carbocycles. The molecule has 1 aliphatic heterocycles. The van der Waals surface area contributed by atoms with Crippen LogP contribution in [0.4, 0.5) is 5.69 Å². The lowest BCUT2D eigenvalue weighted by Crippen LogP contribution is -2.45. The number of fused-ring (bicyclic) bond motifs is 1. The van der Waals surface area contributed by atoms with E-state index >= 15 is 0 Å². The van der Waals surface area contributed by atoms with E-state index in [4.69, 9.17) is 4.74 Å². The largest absolute Gasteiger partial charge is 0.372 e. The molecule has 3 aromatic rings. The molecular weight excluding hydrogens is 288 g/mol. The van der Waals surface area contributed by atoms with Crippen molar-refractivity contribution in [1.29, 1.82) is 0 Å². The molecule has 5 heteroatoms. The molecule has 0 spiro atoms. The molecule has 0 unspecified atom stereocenters. The number of anilines is 1. The van der Waals surface area contributed by atoms with E-state index < -0.39 is 0 Å². The van der Waals surface area contributed by atoms with Crippen molar-refractivity contribution in [2.75, 3.05) is 18.0 Å². The van der Waals surface area contributed by atoms with Crippen LogP contribution in [-0.4, -0.2) is 40.2 Å². The van der Waals surface area contributed by atoms with Gasteiger partial charge in [-0.25, -0.2) is 9.97 Å². The van der Waals surface area contributed by atoms with Gasteiger partial charge < -0.3 is 14.6 Å². The van der Waals surface area contributed by atoms with E-state index in [1.807, 2.05) is 18.5 Å². The molecule has 2 aromatic heterocycles. The number of ether oxygens (including phenoxy) is 1. The molecule has 5 nitrogen and oxygen atoms in total. The first-order chi connectivity index (χ1) is 11.2. The van der Waals surface area contributed by atoms with E-state index in [1.54, 1.807) is 0 Å². The molecule has 4 rings (SSSR count). The minimum absolute atomic E-state index is 0.264. The van der Waals surface area contributed by atoms with Gasteiger partial charge in [-0.15, -0.1) is 0 Å². The Hall–Kier alpha value is -2.40. The van der Waals surface area contributed by atoms with Gasteiger partial charge in [-0.3, -0.25) is 0 Å². The van der Waals surface area contributed by atoms with Crippen LogP contribution in [0.15, 0.2) is 42.7 Å². The van der Waals surface area contributed by atoms with Crippen molar-refractivity contribution in [1.82, 2.24) is 15.0 Å². The van der Waals surface area contributed by atoms with Gasteiger partial charge in [0, 0.05) is 30.5 Å². The quantitative estimate of drug-likeness (QED) is 0.789. The van der Waals surface area contributed by atoms with Gasteiger partial charge in [0.2, 0.25) is 0 Å². The van der Waals surface area contributed by atoms with Gasteiger partial charge in [0.1, 0.15) is 5.52 Å². The van der Waals surface area contributed by atoms with Gasteiger partial charge in [0.25, 0.3) is 0 Å². The van der Waals surface area contributed by atoms with Gasteiger partial charge in [-0.2, -0.15) is 0 Å². The summed E-state index contributed by atoms with van der Waals surface area (Å²) >= 11 is 0. The van der Waals surface area contributed by atoms with Crippen molar-refractivity contribution in [2.24, 2.45) is 0 Å². The summed E-state index contributed by atoms with van der Waals surface area (Å²) in [5, 5.41) is 0. The summed E-state index contributed by atoms with van der Waals surface area (Å²) in [7, 11) is 0. The lowest BCUT2D eigenvalue weighted by atomic mass is 10.1. The highest BCUT2D eigenvalue weighted by Crippen LogP contribution is 2.25. The van der Waals surface area contributed by atoms with Crippen LogP contribution in [0.25, 0.3) is 22.4 Å². The summed E-state index contributed by atoms with van der Waals surface area (Å²) < 4.78 is 5.80. The molecular formula is C18H20N4O. The van der Waals surface area contributed by atoms with E-state index in [-0.39, 0.29) is 12.2 Å². The number of morpholine rings is 1. The summed E-state index contributed by atoms with van der Waals surface area (Å²) in [6, 6.07) is 10.5. The molecule has 0 radical (unpaired) electrons. The second-order valence-electron chi connectivity index (χ2n) is 6.18. The number of nitrogens with zero attached hydrogens (tertiary/aromatic N) is 3. The highest BCUT2D eigenvalue weighted by atomic mass is 16.5. The zero-order valence-corrected chi connectivity index (χ0v) is 13.4. The van der Waals surface area contributed by atoms with Crippen LogP contribution >= 0.6 is 0 Å². The molecule has 1 N–H and O–H groups in total. The van der Waals surface area contributed by atoms with Crippen LogP contribution in [-0.2, 0) is 4.74 Å². The van der Waals surface area contributed by atoms with E-state index in [0.29, 0.717) is 0 Å². The second-order valence-corrected chi connectivity index (χ2v) is 6.18. The Morgan fingerprint density at radius 1 is 1.09 bits per heavy atom. The number of aromatic nitrogens is 3. The summed E-state index contributed by atoms with van der Waals surface area (Å²) in [6.07, 6.45) is 4.20. The van der Waals surface area contributed by atoms with Crippen LogP contribution in [0.3, 0.4) is 0 Å². The van der Waals surface area contributed by atoms with Crippen LogP contribution in [0.5, 0.6) is 0 Å². The molecule has 118 valence electrons. The van der Waals surface area contributed by atoms with Crippen molar-refractivity contribution in [3.8, 4) is 11.3 Å². The summed E-state index contributed by atoms with van der Waals surface area (Å²) in [5.74, 6) is 0. The number of nitrogens with one attached hydrogen (secondary N) is 1. The molecule has 1 aliphatic rings. The topological polar surface area (TPSA) is 54.0 Å². The minimum atomic E-state index is 0.264. The van der Waals surface area contributed by atoms with Gasteiger partial charge in [0.05, 0.1) is 24.1 Å². The molecule has 0 aliphatic carbocycles. The van der Waals surface area contributed by atoms with Crippen molar-refractivity contribution >= 4 is 16.9 Å². The van der Waals surface area contributed by atoms with Crippen molar-refractivity contribution in [2.45, 2.75) is 26.1 Å². The van der Waals surface area contributed by atoms with Gasteiger partial charge in [0.15, 0.2) is 5.65 Å². The first kappa shape index (κ1) is 14.2. The smallest absolute Gasteiger partial charge is 0.156 e. The fourth-order valence-corrected chi connectivity index (χ4v) is 3.20. The Balaban J connectivity index is 1.59. The fourth-order valence-electron chi connectivity index (χ4n) is 3.20. The van der Waals surface area contributed by atoms with Crippen LogP contribution in [0.2, 0.25) is 0 Å². The first-order valence-electron chi connectivity index (χ1n) is 8.00. The van der Waals surface area contributed by atoms with Gasteiger partial charge in [-0.05, 0) is 32.0 Å². The Morgan fingerprint density at radius 2 is 1.83 bits per heavy atom. The first-order valence-corrected chi connectivity index (χ1v) is 8.00. The molecule has 0 amide bonds. The Labute approximate surface area is 135 Å². The highest BCUT2D eigenvalue weighted by molar-refractivity contribution is 5.74. The summed E-state index contributed by atoms with van der Waals surface area (Å²) in [4.78, 5) is 14.5. The Kier molecular flexibility index (Phi) is 3.50. The van der Waals surface area contributed by atoms with Gasteiger partial charge >= 0.3 is 0 Å². The van der Waals surface area contributed by atoms with Crippen LogP contribution < -0.4 is 4.90 Å². The lowest BCUT2D eigenvalue weighted by molar-refractivity contribution is -0.00521. The standard InChI is InChI=1S/C18H20N4O/c1-12-10-22(11-13(2)23-12)15-5-3-14(4-6-15)17-9-20-18-16(21-17)7-8-19-18/h3-9,12-13H,10-11H2,1-2H3,(H,19,20)/t12-,13-/m1/s1. The Bertz CT molecular complexity index is 801. The second kappa shape index (κ2) is 5.66. The predicted molar refractivity (Wildman–Crippen MR) is 91.5 cm³/mol. The third-order valence-electron chi connectivity index (χ3n) is 4.21. The third kappa shape index (κ3) is 2.80. The maximum absolute atomic E-state index is 5.80. The molecule has 23 heavy (non-hydrogen) atoms. The van der Waals surface area contributed by atoms with Crippen LogP contribution in [0.1, 0.15) is 13.8 Å². The van der Waals surface area contributed by atoms with Crippen LogP contribution in [0, 0.1) is 0 Å². The molecule has 3 heterocycles. The average molecular weight is 308 g/mol. The van der Waals surface area contributed by atoms with Crippen molar-refractivity contribution in [3.63, 3.8) is 0 Å². The third-order valence-corrected chi connectivity index (χ3v) is 4.21. The van der Waals surface area contributed by atoms with E-state index in [2.05, 4.69) is 58.0 Å². The number of rotatable bonds is 2. The maximum atomic E-state index is 5.80. The number of benzene rings is 1. The average Bonchev–Trinajstić information content (AvgIpc) is 3.01. The zero-order valence-electron chi connectivity index (χ0n) is 13.4. The number of aromatic amines is 1. The SMILES string of the molecule is C[C@@H]1CN(c2ccc(-c3cnc4[nH]ccc4n3)cc2)C[C@@H](C)O1. The molecule has 1 saturated heterocycles. The normalized spacial score (nSPS) is 21.7. The number of hydrogen-bond acceptors (Lipinski definition) is 4. The summed E-state index contributed by atoms with van der Waals surface area (Å²) in [5.41, 5.74) is 4.92. The summed E-state index contributed by atoms with van der Waals surface area (Å²) in [6.45, 7) is 6.11.